The van der Waals surface area contributed by atoms with Crippen molar-refractivity contribution in [3.63, 3.8) is 0 Å². The summed E-state index contributed by atoms with van der Waals surface area (Å²) in [5.74, 6) is 1.14. The predicted molar refractivity (Wildman–Crippen MR) is 94.1 cm³/mol. The number of hydrogen-bond acceptors (Lipinski definition) is 4. The Bertz CT molecular complexity index is 640. The molecule has 24 heavy (non-hydrogen) atoms. The molecule has 0 N–H and O–H groups in total. The van der Waals surface area contributed by atoms with Gasteiger partial charge in [0.05, 0.1) is 25.4 Å². The van der Waals surface area contributed by atoms with Crippen molar-refractivity contribution < 1.29 is 19.0 Å². The molecule has 0 heterocycles. The molecule has 0 spiro atoms. The molecule has 0 saturated carbocycles. The first kappa shape index (κ1) is 18.1. The highest BCUT2D eigenvalue weighted by Gasteiger charge is 2.07. The SMILES string of the molecule is CCOC(=O)c1cccc(OCCCCOc2ccc(Cl)cc2)c1. The van der Waals surface area contributed by atoms with Crippen molar-refractivity contribution in [2.24, 2.45) is 0 Å². The van der Waals surface area contributed by atoms with Gasteiger partial charge in [-0.15, -0.1) is 0 Å². The zero-order valence-corrected chi connectivity index (χ0v) is 14.4. The van der Waals surface area contributed by atoms with Gasteiger partial charge in [-0.05, 0) is 62.2 Å². The van der Waals surface area contributed by atoms with Gasteiger partial charge in [-0.3, -0.25) is 0 Å². The highest BCUT2D eigenvalue weighted by molar-refractivity contribution is 6.30. The molecule has 0 atom stereocenters. The van der Waals surface area contributed by atoms with Crippen molar-refractivity contribution in [1.82, 2.24) is 0 Å². The average Bonchev–Trinajstić information content (AvgIpc) is 2.60. The summed E-state index contributed by atoms with van der Waals surface area (Å²) in [7, 11) is 0. The number of ether oxygens (including phenoxy) is 3. The molecule has 4 nitrogen and oxygen atoms in total. The van der Waals surface area contributed by atoms with Crippen LogP contribution >= 0.6 is 11.6 Å². The van der Waals surface area contributed by atoms with E-state index in [1.165, 1.54) is 0 Å². The molecule has 128 valence electrons. The molecule has 0 aliphatic carbocycles. The van der Waals surface area contributed by atoms with Crippen LogP contribution in [0.5, 0.6) is 11.5 Å². The molecule has 0 aliphatic heterocycles. The molecule has 0 aromatic heterocycles. The first-order chi connectivity index (χ1) is 11.7. The van der Waals surface area contributed by atoms with E-state index in [1.54, 1.807) is 37.3 Å². The van der Waals surface area contributed by atoms with Crippen molar-refractivity contribution in [3.05, 3.63) is 59.1 Å². The van der Waals surface area contributed by atoms with Crippen LogP contribution in [0, 0.1) is 0 Å². The maximum absolute atomic E-state index is 11.7. The normalized spacial score (nSPS) is 10.2. The minimum atomic E-state index is -0.334. The Morgan fingerprint density at radius 3 is 2.29 bits per heavy atom. The lowest BCUT2D eigenvalue weighted by Gasteiger charge is -2.09. The van der Waals surface area contributed by atoms with Crippen LogP contribution in [-0.2, 0) is 4.74 Å². The van der Waals surface area contributed by atoms with E-state index in [9.17, 15) is 4.79 Å². The maximum atomic E-state index is 11.7. The molecule has 0 saturated heterocycles. The van der Waals surface area contributed by atoms with Crippen LogP contribution in [0.3, 0.4) is 0 Å². The summed E-state index contributed by atoms with van der Waals surface area (Å²) in [6.45, 7) is 3.33. The number of esters is 1. The zero-order valence-electron chi connectivity index (χ0n) is 13.7. The van der Waals surface area contributed by atoms with Gasteiger partial charge >= 0.3 is 5.97 Å². The summed E-state index contributed by atoms with van der Waals surface area (Å²) in [6, 6.07) is 14.3. The molecule has 0 fully saturated rings. The standard InChI is InChI=1S/C19H21ClO4/c1-2-22-19(21)15-6-5-7-18(14-15)24-13-4-3-12-23-17-10-8-16(20)9-11-17/h5-11,14H,2-4,12-13H2,1H3. The van der Waals surface area contributed by atoms with Crippen LogP contribution in [0.25, 0.3) is 0 Å². The number of carbonyl (C=O) groups excluding carboxylic acids is 1. The van der Waals surface area contributed by atoms with Gasteiger partial charge in [0.15, 0.2) is 0 Å². The van der Waals surface area contributed by atoms with Crippen LogP contribution in [0.2, 0.25) is 5.02 Å². The van der Waals surface area contributed by atoms with Gasteiger partial charge in [-0.2, -0.15) is 0 Å². The van der Waals surface area contributed by atoms with Gasteiger partial charge in [0, 0.05) is 5.02 Å². The molecule has 5 heteroatoms. The third-order valence-corrected chi connectivity index (χ3v) is 3.49. The summed E-state index contributed by atoms with van der Waals surface area (Å²) >= 11 is 5.82. The van der Waals surface area contributed by atoms with Gasteiger partial charge in [0.1, 0.15) is 11.5 Å². The average molecular weight is 349 g/mol. The molecular weight excluding hydrogens is 328 g/mol. The Morgan fingerprint density at radius 1 is 0.958 bits per heavy atom. The van der Waals surface area contributed by atoms with Gasteiger partial charge in [0.2, 0.25) is 0 Å². The second-order valence-corrected chi connectivity index (χ2v) is 5.54. The van der Waals surface area contributed by atoms with Gasteiger partial charge in [-0.1, -0.05) is 17.7 Å². The number of hydrogen-bond donors (Lipinski definition) is 0. The minimum absolute atomic E-state index is 0.334. The number of benzene rings is 2. The monoisotopic (exact) mass is 348 g/mol. The molecule has 0 bridgehead atoms. The fourth-order valence-corrected chi connectivity index (χ4v) is 2.17. The molecule has 0 unspecified atom stereocenters. The number of halogens is 1. The van der Waals surface area contributed by atoms with Crippen LogP contribution < -0.4 is 9.47 Å². The zero-order chi connectivity index (χ0) is 17.2. The van der Waals surface area contributed by atoms with E-state index >= 15 is 0 Å². The molecule has 0 amide bonds. The number of carbonyl (C=O) groups is 1. The lowest BCUT2D eigenvalue weighted by atomic mass is 10.2. The van der Waals surface area contributed by atoms with E-state index in [0.717, 1.165) is 18.6 Å². The van der Waals surface area contributed by atoms with E-state index in [0.29, 0.717) is 36.2 Å². The van der Waals surface area contributed by atoms with E-state index in [2.05, 4.69) is 0 Å². The quantitative estimate of drug-likeness (QED) is 0.484. The van der Waals surface area contributed by atoms with E-state index in [1.807, 2.05) is 18.2 Å². The highest BCUT2D eigenvalue weighted by Crippen LogP contribution is 2.16. The Kier molecular flexibility index (Phi) is 7.43. The van der Waals surface area contributed by atoms with Crippen molar-refractivity contribution in [1.29, 1.82) is 0 Å². The fourth-order valence-electron chi connectivity index (χ4n) is 2.04. The number of rotatable bonds is 9. The summed E-state index contributed by atoms with van der Waals surface area (Å²) < 4.78 is 16.2. The van der Waals surface area contributed by atoms with E-state index in [4.69, 9.17) is 25.8 Å². The molecule has 2 rings (SSSR count). The summed E-state index contributed by atoms with van der Waals surface area (Å²) in [6.07, 6.45) is 1.73. The highest BCUT2D eigenvalue weighted by atomic mass is 35.5. The second kappa shape index (κ2) is 9.83. The lowest BCUT2D eigenvalue weighted by molar-refractivity contribution is 0.0526. The largest absolute Gasteiger partial charge is 0.494 e. The topological polar surface area (TPSA) is 44.8 Å². The molecule has 2 aromatic rings. The van der Waals surface area contributed by atoms with E-state index < -0.39 is 0 Å². The third kappa shape index (κ3) is 6.13. The molecule has 0 radical (unpaired) electrons. The maximum Gasteiger partial charge on any atom is 0.338 e. The van der Waals surface area contributed by atoms with E-state index in [-0.39, 0.29) is 5.97 Å². The van der Waals surface area contributed by atoms with Crippen molar-refractivity contribution >= 4 is 17.6 Å². The van der Waals surface area contributed by atoms with Gasteiger partial charge < -0.3 is 14.2 Å². The second-order valence-electron chi connectivity index (χ2n) is 5.11. The number of unbranched alkanes of at least 4 members (excludes halogenated alkanes) is 1. The summed E-state index contributed by atoms with van der Waals surface area (Å²) in [4.78, 5) is 11.7. The molecular formula is C19H21ClO4. The van der Waals surface area contributed by atoms with Crippen LogP contribution in [0.1, 0.15) is 30.1 Å². The summed E-state index contributed by atoms with van der Waals surface area (Å²) in [5.41, 5.74) is 0.500. The Balaban J connectivity index is 1.66. The molecule has 2 aromatic carbocycles. The van der Waals surface area contributed by atoms with Crippen LogP contribution in [0.4, 0.5) is 0 Å². The Morgan fingerprint density at radius 2 is 1.62 bits per heavy atom. The third-order valence-electron chi connectivity index (χ3n) is 3.23. The predicted octanol–water partition coefficient (Wildman–Crippen LogP) is 4.75. The minimum Gasteiger partial charge on any atom is -0.494 e. The van der Waals surface area contributed by atoms with Crippen LogP contribution in [-0.4, -0.2) is 25.8 Å². The fraction of sp³-hybridized carbons (Fsp3) is 0.316. The first-order valence-corrected chi connectivity index (χ1v) is 8.35. The lowest BCUT2D eigenvalue weighted by Crippen LogP contribution is -2.06. The van der Waals surface area contributed by atoms with Crippen molar-refractivity contribution in [2.45, 2.75) is 19.8 Å². The Hall–Kier alpha value is -2.20. The summed E-state index contributed by atoms with van der Waals surface area (Å²) in [5, 5.41) is 0.695. The van der Waals surface area contributed by atoms with Crippen LogP contribution in [0.15, 0.2) is 48.5 Å². The first-order valence-electron chi connectivity index (χ1n) is 7.97. The van der Waals surface area contributed by atoms with Gasteiger partial charge in [0.25, 0.3) is 0 Å². The van der Waals surface area contributed by atoms with Crippen molar-refractivity contribution in [2.75, 3.05) is 19.8 Å². The van der Waals surface area contributed by atoms with Gasteiger partial charge in [-0.25, -0.2) is 4.79 Å². The Labute approximate surface area is 147 Å². The molecule has 0 aliphatic rings. The van der Waals surface area contributed by atoms with Crippen molar-refractivity contribution in [3.8, 4) is 11.5 Å². The smallest absolute Gasteiger partial charge is 0.338 e.